The van der Waals surface area contributed by atoms with Crippen molar-refractivity contribution in [3.63, 3.8) is 0 Å². The summed E-state index contributed by atoms with van der Waals surface area (Å²) in [6.07, 6.45) is 1.83. The van der Waals surface area contributed by atoms with Crippen LogP contribution in [0.1, 0.15) is 30.4 Å². The number of nitrogens with two attached hydrogens (primary N) is 1. The van der Waals surface area contributed by atoms with Crippen LogP contribution in [0.2, 0.25) is 0 Å². The van der Waals surface area contributed by atoms with Crippen molar-refractivity contribution >= 4 is 17.3 Å². The summed E-state index contributed by atoms with van der Waals surface area (Å²) < 4.78 is 15.0. The predicted molar refractivity (Wildman–Crippen MR) is 73.6 cm³/mol. The van der Waals surface area contributed by atoms with Gasteiger partial charge in [-0.25, -0.2) is 4.39 Å². The van der Waals surface area contributed by atoms with Crippen molar-refractivity contribution in [3.05, 3.63) is 48.0 Å². The van der Waals surface area contributed by atoms with Crippen LogP contribution < -0.4 is 11.1 Å². The van der Waals surface area contributed by atoms with E-state index in [9.17, 15) is 9.18 Å². The summed E-state index contributed by atoms with van der Waals surface area (Å²) in [6, 6.07) is 7.55. The molecule has 0 fully saturated rings. The predicted octanol–water partition coefficient (Wildman–Crippen LogP) is 3.04. The Bertz CT molecular complexity index is 604. The number of nitrogens with zero attached hydrogens (tertiary/aromatic N) is 1. The van der Waals surface area contributed by atoms with Crippen LogP contribution in [-0.2, 0) is 0 Å². The van der Waals surface area contributed by atoms with Gasteiger partial charge in [0.25, 0.3) is 5.91 Å². The first-order valence-electron chi connectivity index (χ1n) is 6.02. The van der Waals surface area contributed by atoms with Gasteiger partial charge >= 0.3 is 0 Å². The lowest BCUT2D eigenvalue weighted by Crippen LogP contribution is -2.18. The Hall–Kier alpha value is -2.30. The van der Waals surface area contributed by atoms with E-state index in [0.717, 1.165) is 0 Å². The molecule has 2 aromatic rings. The van der Waals surface area contributed by atoms with Crippen LogP contribution in [0.15, 0.2) is 36.5 Å². The highest BCUT2D eigenvalue weighted by Gasteiger charge is 2.14. The zero-order valence-electron chi connectivity index (χ0n) is 10.9. The second-order valence-corrected chi connectivity index (χ2v) is 4.58. The van der Waals surface area contributed by atoms with E-state index >= 15 is 0 Å². The van der Waals surface area contributed by atoms with Gasteiger partial charge in [-0.05, 0) is 44.2 Å². The Morgan fingerprint density at radius 3 is 2.79 bits per heavy atom. The van der Waals surface area contributed by atoms with Gasteiger partial charge in [-0.1, -0.05) is 0 Å². The summed E-state index contributed by atoms with van der Waals surface area (Å²) in [7, 11) is 0. The average Bonchev–Trinajstić information content (AvgIpc) is 2.83. The molecule has 0 spiro atoms. The molecule has 1 aromatic carbocycles. The first-order valence-corrected chi connectivity index (χ1v) is 6.02. The van der Waals surface area contributed by atoms with E-state index in [-0.39, 0.29) is 17.6 Å². The van der Waals surface area contributed by atoms with Gasteiger partial charge in [0, 0.05) is 12.2 Å². The molecule has 0 unspecified atom stereocenters. The van der Waals surface area contributed by atoms with Crippen LogP contribution in [0.4, 0.5) is 15.8 Å². The van der Waals surface area contributed by atoms with Crippen LogP contribution in [0.3, 0.4) is 0 Å². The summed E-state index contributed by atoms with van der Waals surface area (Å²) in [4.78, 5) is 12.2. The van der Waals surface area contributed by atoms with E-state index < -0.39 is 5.82 Å². The number of carbonyl (C=O) groups excluding carboxylic acids is 1. The number of nitrogens with one attached hydrogen (secondary N) is 1. The highest BCUT2D eigenvalue weighted by molar-refractivity contribution is 6.04. The Labute approximate surface area is 111 Å². The molecule has 1 aromatic heterocycles. The monoisotopic (exact) mass is 261 g/mol. The third-order valence-electron chi connectivity index (χ3n) is 2.83. The SMILES string of the molecule is CC(C)n1cccc1C(=O)Nc1cc(F)ccc1N. The molecule has 4 nitrogen and oxygen atoms in total. The molecule has 5 heteroatoms. The van der Waals surface area contributed by atoms with Crippen molar-refractivity contribution in [2.24, 2.45) is 0 Å². The molecule has 0 saturated heterocycles. The van der Waals surface area contributed by atoms with Gasteiger partial charge in [0.2, 0.25) is 0 Å². The van der Waals surface area contributed by atoms with Crippen molar-refractivity contribution < 1.29 is 9.18 Å². The van der Waals surface area contributed by atoms with E-state index in [1.807, 2.05) is 24.6 Å². The van der Waals surface area contributed by atoms with E-state index in [1.54, 1.807) is 12.1 Å². The minimum absolute atomic E-state index is 0.167. The summed E-state index contributed by atoms with van der Waals surface area (Å²) >= 11 is 0. The number of aromatic nitrogens is 1. The number of rotatable bonds is 3. The lowest BCUT2D eigenvalue weighted by Gasteiger charge is -2.13. The van der Waals surface area contributed by atoms with Crippen LogP contribution in [0.25, 0.3) is 0 Å². The van der Waals surface area contributed by atoms with Gasteiger partial charge < -0.3 is 15.6 Å². The minimum Gasteiger partial charge on any atom is -0.397 e. The molecule has 0 aliphatic carbocycles. The van der Waals surface area contributed by atoms with Crippen molar-refractivity contribution in [1.82, 2.24) is 4.57 Å². The number of anilines is 2. The van der Waals surface area contributed by atoms with Crippen LogP contribution in [0, 0.1) is 5.82 Å². The number of benzene rings is 1. The lowest BCUT2D eigenvalue weighted by atomic mass is 10.2. The van der Waals surface area contributed by atoms with Gasteiger partial charge in [0.15, 0.2) is 0 Å². The smallest absolute Gasteiger partial charge is 0.272 e. The van der Waals surface area contributed by atoms with Gasteiger partial charge in [-0.2, -0.15) is 0 Å². The highest BCUT2D eigenvalue weighted by Crippen LogP contribution is 2.20. The van der Waals surface area contributed by atoms with Gasteiger partial charge in [0.05, 0.1) is 11.4 Å². The third-order valence-corrected chi connectivity index (χ3v) is 2.83. The first-order chi connectivity index (χ1) is 8.99. The zero-order valence-corrected chi connectivity index (χ0v) is 10.9. The number of carbonyl (C=O) groups is 1. The fourth-order valence-corrected chi connectivity index (χ4v) is 1.86. The van der Waals surface area contributed by atoms with Crippen LogP contribution >= 0.6 is 0 Å². The molecule has 1 heterocycles. The molecule has 0 aliphatic rings. The molecule has 0 bridgehead atoms. The molecule has 19 heavy (non-hydrogen) atoms. The molecule has 0 saturated carbocycles. The summed E-state index contributed by atoms with van der Waals surface area (Å²) in [5.41, 5.74) is 6.82. The zero-order chi connectivity index (χ0) is 14.0. The second-order valence-electron chi connectivity index (χ2n) is 4.58. The maximum absolute atomic E-state index is 13.1. The number of halogens is 1. The molecular formula is C14H16FN3O. The van der Waals surface area contributed by atoms with Crippen LogP contribution in [0.5, 0.6) is 0 Å². The van der Waals surface area contributed by atoms with E-state index in [2.05, 4.69) is 5.32 Å². The molecule has 100 valence electrons. The Kier molecular flexibility index (Phi) is 3.55. The second kappa shape index (κ2) is 5.14. The molecule has 0 atom stereocenters. The first kappa shape index (κ1) is 13.1. The van der Waals surface area contributed by atoms with Crippen molar-refractivity contribution in [1.29, 1.82) is 0 Å². The Morgan fingerprint density at radius 1 is 1.37 bits per heavy atom. The third kappa shape index (κ3) is 2.76. The maximum Gasteiger partial charge on any atom is 0.272 e. The minimum atomic E-state index is -0.441. The molecule has 0 radical (unpaired) electrons. The summed E-state index contributed by atoms with van der Waals surface area (Å²) in [5.74, 6) is -0.750. The Balaban J connectivity index is 2.26. The van der Waals surface area contributed by atoms with Gasteiger partial charge in [-0.15, -0.1) is 0 Å². The van der Waals surface area contributed by atoms with Crippen molar-refractivity contribution in [2.45, 2.75) is 19.9 Å². The number of nitrogen functional groups attached to an aromatic ring is 1. The maximum atomic E-state index is 13.1. The average molecular weight is 261 g/mol. The fourth-order valence-electron chi connectivity index (χ4n) is 1.86. The Morgan fingerprint density at radius 2 is 2.11 bits per heavy atom. The number of hydrogen-bond acceptors (Lipinski definition) is 2. The van der Waals surface area contributed by atoms with E-state index in [0.29, 0.717) is 11.4 Å². The quantitative estimate of drug-likeness (QED) is 0.834. The summed E-state index contributed by atoms with van der Waals surface area (Å²) in [5, 5.41) is 2.62. The lowest BCUT2D eigenvalue weighted by molar-refractivity contribution is 0.101. The molecule has 3 N–H and O–H groups in total. The van der Waals surface area contributed by atoms with Gasteiger partial charge in [0.1, 0.15) is 11.5 Å². The van der Waals surface area contributed by atoms with Crippen molar-refractivity contribution in [2.75, 3.05) is 11.1 Å². The number of hydrogen-bond donors (Lipinski definition) is 2. The standard InChI is InChI=1S/C14H16FN3O/c1-9(2)18-7-3-4-13(18)14(19)17-12-8-10(15)5-6-11(12)16/h3-9H,16H2,1-2H3,(H,17,19). The molecule has 2 rings (SSSR count). The topological polar surface area (TPSA) is 60.0 Å². The highest BCUT2D eigenvalue weighted by atomic mass is 19.1. The molecular weight excluding hydrogens is 245 g/mol. The summed E-state index contributed by atoms with van der Waals surface area (Å²) in [6.45, 7) is 3.96. The van der Waals surface area contributed by atoms with Gasteiger partial charge in [-0.3, -0.25) is 4.79 Å². The normalized spacial score (nSPS) is 10.7. The van der Waals surface area contributed by atoms with E-state index in [4.69, 9.17) is 5.73 Å². The number of amides is 1. The molecule has 0 aliphatic heterocycles. The largest absolute Gasteiger partial charge is 0.397 e. The van der Waals surface area contributed by atoms with Crippen LogP contribution in [-0.4, -0.2) is 10.5 Å². The molecule has 1 amide bonds. The van der Waals surface area contributed by atoms with Crippen molar-refractivity contribution in [3.8, 4) is 0 Å². The van der Waals surface area contributed by atoms with E-state index in [1.165, 1.54) is 18.2 Å². The fraction of sp³-hybridized carbons (Fsp3) is 0.214.